The van der Waals surface area contributed by atoms with E-state index in [-0.39, 0.29) is 29.5 Å². The maximum Gasteiger partial charge on any atom is 0.273 e. The van der Waals surface area contributed by atoms with Gasteiger partial charge in [0.15, 0.2) is 5.69 Å². The van der Waals surface area contributed by atoms with Gasteiger partial charge >= 0.3 is 0 Å². The number of aromatic nitrogens is 3. The first-order chi connectivity index (χ1) is 14.5. The van der Waals surface area contributed by atoms with Gasteiger partial charge in [0.2, 0.25) is 0 Å². The zero-order valence-electron chi connectivity index (χ0n) is 16.4. The molecule has 1 aliphatic heterocycles. The summed E-state index contributed by atoms with van der Waals surface area (Å²) in [5.41, 5.74) is 1.60. The Hall–Kier alpha value is -2.84. The summed E-state index contributed by atoms with van der Waals surface area (Å²) < 4.78 is 19.7. The van der Waals surface area contributed by atoms with Gasteiger partial charge in [-0.1, -0.05) is 22.8 Å². The molecule has 156 valence electrons. The summed E-state index contributed by atoms with van der Waals surface area (Å²) >= 11 is 5.94. The summed E-state index contributed by atoms with van der Waals surface area (Å²) in [5, 5.41) is 7.11. The molecule has 7 nitrogen and oxygen atoms in total. The molecule has 1 unspecified atom stereocenters. The van der Waals surface area contributed by atoms with Gasteiger partial charge in [-0.3, -0.25) is 9.69 Å². The third-order valence-corrected chi connectivity index (χ3v) is 5.48. The van der Waals surface area contributed by atoms with Crippen molar-refractivity contribution in [1.29, 1.82) is 0 Å². The van der Waals surface area contributed by atoms with Crippen LogP contribution in [0.15, 0.2) is 47.5 Å². The molecule has 30 heavy (non-hydrogen) atoms. The molecule has 0 aliphatic carbocycles. The second-order valence-corrected chi connectivity index (χ2v) is 7.78. The maximum absolute atomic E-state index is 14.8. The van der Waals surface area contributed by atoms with Gasteiger partial charge in [-0.2, -0.15) is 0 Å². The van der Waals surface area contributed by atoms with Crippen LogP contribution in [0.4, 0.5) is 4.39 Å². The highest BCUT2D eigenvalue weighted by Crippen LogP contribution is 2.33. The molecule has 9 heteroatoms. The van der Waals surface area contributed by atoms with Gasteiger partial charge in [0.05, 0.1) is 6.04 Å². The van der Waals surface area contributed by atoms with Crippen molar-refractivity contribution in [1.82, 2.24) is 25.3 Å². The first-order valence-corrected chi connectivity index (χ1v) is 10.1. The fraction of sp³-hybridized carbons (Fsp3) is 0.333. The third kappa shape index (κ3) is 4.49. The molecule has 0 spiro atoms. The van der Waals surface area contributed by atoms with Crippen molar-refractivity contribution in [2.45, 2.75) is 31.8 Å². The normalized spacial score (nSPS) is 16.4. The molecule has 1 N–H and O–H groups in total. The Kier molecular flexibility index (Phi) is 6.06. The van der Waals surface area contributed by atoms with E-state index in [9.17, 15) is 9.18 Å². The number of hydrogen-bond acceptors (Lipinski definition) is 6. The van der Waals surface area contributed by atoms with Crippen molar-refractivity contribution < 1.29 is 13.7 Å². The van der Waals surface area contributed by atoms with Gasteiger partial charge in [0.1, 0.15) is 17.9 Å². The van der Waals surface area contributed by atoms with Crippen LogP contribution >= 0.6 is 11.6 Å². The van der Waals surface area contributed by atoms with Crippen LogP contribution in [0.1, 0.15) is 46.3 Å². The molecule has 1 amide bonds. The lowest BCUT2D eigenvalue weighted by molar-refractivity contribution is 0.0891. The molecular formula is C21H21ClFN5O2. The first kappa shape index (κ1) is 20.4. The molecule has 3 aromatic rings. The summed E-state index contributed by atoms with van der Waals surface area (Å²) in [6.07, 6.45) is 6.30. The highest BCUT2D eigenvalue weighted by molar-refractivity contribution is 6.30. The minimum absolute atomic E-state index is 0.00787. The maximum atomic E-state index is 14.8. The number of piperidine rings is 1. The number of carbonyl (C=O) groups excluding carboxylic acids is 1. The van der Waals surface area contributed by atoms with Crippen molar-refractivity contribution in [3.05, 3.63) is 76.4 Å². The first-order valence-electron chi connectivity index (χ1n) is 9.69. The lowest BCUT2D eigenvalue weighted by Gasteiger charge is -2.38. The molecular weight excluding hydrogens is 409 g/mol. The van der Waals surface area contributed by atoms with Gasteiger partial charge < -0.3 is 9.84 Å². The molecule has 1 fully saturated rings. The Morgan fingerprint density at radius 1 is 1.27 bits per heavy atom. The van der Waals surface area contributed by atoms with Crippen LogP contribution in [0.5, 0.6) is 0 Å². The summed E-state index contributed by atoms with van der Waals surface area (Å²) in [4.78, 5) is 22.7. The second kappa shape index (κ2) is 8.89. The summed E-state index contributed by atoms with van der Waals surface area (Å²) in [7, 11) is 0. The van der Waals surface area contributed by atoms with Crippen LogP contribution < -0.4 is 5.32 Å². The van der Waals surface area contributed by atoms with E-state index in [1.165, 1.54) is 12.4 Å². The van der Waals surface area contributed by atoms with Crippen LogP contribution in [0.3, 0.4) is 0 Å². The topological polar surface area (TPSA) is 84.2 Å². The SMILES string of the molecule is Cc1cc(C(=O)NC2CCN(C(c3cncnc3)c3ccc(Cl)cc3F)CC2)no1. The Balaban J connectivity index is 1.49. The van der Waals surface area contributed by atoms with E-state index in [2.05, 4.69) is 25.3 Å². The van der Waals surface area contributed by atoms with Crippen LogP contribution in [-0.2, 0) is 0 Å². The molecule has 0 saturated carbocycles. The molecule has 1 atom stereocenters. The van der Waals surface area contributed by atoms with Gasteiger partial charge in [-0.15, -0.1) is 0 Å². The van der Waals surface area contributed by atoms with E-state index in [1.807, 2.05) is 0 Å². The predicted octanol–water partition coefficient (Wildman–Crippen LogP) is 3.55. The lowest BCUT2D eigenvalue weighted by atomic mass is 9.95. The fourth-order valence-electron chi connectivity index (χ4n) is 3.80. The average Bonchev–Trinajstić information content (AvgIpc) is 3.18. The number of carbonyl (C=O) groups is 1. The summed E-state index contributed by atoms with van der Waals surface area (Å²) in [6, 6.07) is 5.99. The van der Waals surface area contributed by atoms with Crippen molar-refractivity contribution >= 4 is 17.5 Å². The van der Waals surface area contributed by atoms with E-state index in [1.54, 1.807) is 37.5 Å². The zero-order chi connectivity index (χ0) is 21.1. The second-order valence-electron chi connectivity index (χ2n) is 7.35. The molecule has 0 radical (unpaired) electrons. The van der Waals surface area contributed by atoms with Crippen LogP contribution in [-0.4, -0.2) is 45.1 Å². The van der Waals surface area contributed by atoms with Crippen molar-refractivity contribution in [2.24, 2.45) is 0 Å². The van der Waals surface area contributed by atoms with Crippen molar-refractivity contribution in [3.63, 3.8) is 0 Å². The monoisotopic (exact) mass is 429 g/mol. The average molecular weight is 430 g/mol. The number of nitrogens with zero attached hydrogens (tertiary/aromatic N) is 4. The minimum Gasteiger partial charge on any atom is -0.361 e. The van der Waals surface area contributed by atoms with Crippen LogP contribution in [0, 0.1) is 12.7 Å². The third-order valence-electron chi connectivity index (χ3n) is 5.24. The minimum atomic E-state index is -0.367. The Morgan fingerprint density at radius 3 is 2.63 bits per heavy atom. The number of nitrogens with one attached hydrogen (secondary N) is 1. The Bertz CT molecular complexity index is 1020. The zero-order valence-corrected chi connectivity index (χ0v) is 17.1. The largest absolute Gasteiger partial charge is 0.361 e. The van der Waals surface area contributed by atoms with Crippen LogP contribution in [0.2, 0.25) is 5.02 Å². The Morgan fingerprint density at radius 2 is 2.00 bits per heavy atom. The van der Waals surface area contributed by atoms with E-state index in [0.717, 1.165) is 18.4 Å². The van der Waals surface area contributed by atoms with Crippen molar-refractivity contribution in [3.8, 4) is 0 Å². The predicted molar refractivity (Wildman–Crippen MR) is 109 cm³/mol. The molecule has 0 bridgehead atoms. The Labute approximate surface area is 178 Å². The number of hydrogen-bond donors (Lipinski definition) is 1. The summed E-state index contributed by atoms with van der Waals surface area (Å²) in [6.45, 7) is 3.08. The van der Waals surface area contributed by atoms with E-state index >= 15 is 0 Å². The number of amides is 1. The van der Waals surface area contributed by atoms with Gasteiger partial charge in [0, 0.05) is 53.7 Å². The van der Waals surface area contributed by atoms with Gasteiger partial charge in [-0.05, 0) is 31.9 Å². The molecule has 1 aliphatic rings. The standard InChI is InChI=1S/C21H21ClFN5O2/c1-13-8-19(27-30-13)21(29)26-16-4-6-28(7-5-16)20(14-10-24-12-25-11-14)17-3-2-15(22)9-18(17)23/h2-3,8-12,16,20H,4-7H2,1H3,(H,26,29). The number of rotatable bonds is 5. The highest BCUT2D eigenvalue weighted by atomic mass is 35.5. The van der Waals surface area contributed by atoms with E-state index in [0.29, 0.717) is 29.4 Å². The quantitative estimate of drug-likeness (QED) is 0.667. The highest BCUT2D eigenvalue weighted by Gasteiger charge is 2.30. The molecule has 1 saturated heterocycles. The van der Waals surface area contributed by atoms with Crippen LogP contribution in [0.25, 0.3) is 0 Å². The van der Waals surface area contributed by atoms with E-state index < -0.39 is 0 Å². The number of likely N-dealkylation sites (tertiary alicyclic amines) is 1. The van der Waals surface area contributed by atoms with Gasteiger partial charge in [0.25, 0.3) is 5.91 Å². The molecule has 4 rings (SSSR count). The number of halogens is 2. The summed E-state index contributed by atoms with van der Waals surface area (Å²) in [5.74, 6) is -0.0249. The lowest BCUT2D eigenvalue weighted by Crippen LogP contribution is -2.46. The van der Waals surface area contributed by atoms with Gasteiger partial charge in [-0.25, -0.2) is 14.4 Å². The number of benzene rings is 1. The molecule has 1 aromatic carbocycles. The molecule has 3 heterocycles. The smallest absolute Gasteiger partial charge is 0.273 e. The fourth-order valence-corrected chi connectivity index (χ4v) is 3.96. The number of aryl methyl sites for hydroxylation is 1. The van der Waals surface area contributed by atoms with E-state index in [4.69, 9.17) is 16.1 Å². The van der Waals surface area contributed by atoms with Crippen molar-refractivity contribution in [2.75, 3.05) is 13.1 Å². The molecule has 2 aromatic heterocycles.